The van der Waals surface area contributed by atoms with Gasteiger partial charge in [0, 0.05) is 11.5 Å². The summed E-state index contributed by atoms with van der Waals surface area (Å²) < 4.78 is 0. The normalized spacial score (nSPS) is 9.50. The van der Waals surface area contributed by atoms with Crippen LogP contribution >= 0.6 is 23.5 Å². The van der Waals surface area contributed by atoms with E-state index < -0.39 is 0 Å². The first-order valence-corrected chi connectivity index (χ1v) is 5.86. The van der Waals surface area contributed by atoms with E-state index in [1.54, 1.807) is 30.4 Å². The van der Waals surface area contributed by atoms with Crippen molar-refractivity contribution >= 4 is 23.5 Å². The molecule has 10 heavy (non-hydrogen) atoms. The van der Waals surface area contributed by atoms with E-state index in [1.165, 1.54) is 0 Å². The van der Waals surface area contributed by atoms with Gasteiger partial charge in [-0.3, -0.25) is 0 Å². The summed E-state index contributed by atoms with van der Waals surface area (Å²) in [5.74, 6) is 2.38. The molecule has 0 amide bonds. The fourth-order valence-corrected chi connectivity index (χ4v) is 2.05. The van der Waals surface area contributed by atoms with Crippen LogP contribution in [0, 0.1) is 0 Å². The molecule has 0 aliphatic heterocycles. The smallest absolute Gasteiger partial charge is 0.0900 e. The summed E-state index contributed by atoms with van der Waals surface area (Å²) in [7, 11) is 0. The summed E-state index contributed by atoms with van der Waals surface area (Å²) in [5.41, 5.74) is 1.15. The monoisotopic (exact) mass is 178 g/mol. The van der Waals surface area contributed by atoms with Gasteiger partial charge < -0.3 is 5.11 Å². The Bertz CT molecular complexity index is 109. The van der Waals surface area contributed by atoms with Gasteiger partial charge in [0.1, 0.15) is 0 Å². The van der Waals surface area contributed by atoms with E-state index in [0.717, 1.165) is 17.1 Å². The summed E-state index contributed by atoms with van der Waals surface area (Å²) in [6.07, 6.45) is 4.09. The molecule has 0 aromatic carbocycles. The van der Waals surface area contributed by atoms with E-state index in [4.69, 9.17) is 5.11 Å². The highest BCUT2D eigenvalue weighted by molar-refractivity contribution is 7.99. The number of hydrogen-bond acceptors (Lipinski definition) is 3. The number of thioether (sulfide) groups is 2. The van der Waals surface area contributed by atoms with Crippen LogP contribution in [0.3, 0.4) is 0 Å². The third-order valence-corrected chi connectivity index (χ3v) is 2.42. The molecule has 0 aromatic heterocycles. The van der Waals surface area contributed by atoms with Crippen LogP contribution in [0.15, 0.2) is 11.3 Å². The second-order valence-electron chi connectivity index (χ2n) is 2.05. The largest absolute Gasteiger partial charge is 0.513 e. The Morgan fingerprint density at radius 1 is 1.20 bits per heavy atom. The van der Waals surface area contributed by atoms with E-state index in [0.29, 0.717) is 5.76 Å². The summed E-state index contributed by atoms with van der Waals surface area (Å²) in [6, 6.07) is 0. The molecule has 1 nitrogen and oxygen atoms in total. The Kier molecular flexibility index (Phi) is 6.13. The Morgan fingerprint density at radius 3 is 1.80 bits per heavy atom. The van der Waals surface area contributed by atoms with Gasteiger partial charge in [0.25, 0.3) is 0 Å². The maximum Gasteiger partial charge on any atom is 0.0900 e. The highest BCUT2D eigenvalue weighted by Gasteiger charge is 1.98. The topological polar surface area (TPSA) is 20.2 Å². The molecule has 1 N–H and O–H groups in total. The molecular formula is C7H14OS2. The lowest BCUT2D eigenvalue weighted by molar-refractivity contribution is 0.408. The van der Waals surface area contributed by atoms with Gasteiger partial charge in [0.05, 0.1) is 5.76 Å². The highest BCUT2D eigenvalue weighted by atomic mass is 32.2. The lowest BCUT2D eigenvalue weighted by atomic mass is 10.3. The van der Waals surface area contributed by atoms with Gasteiger partial charge in [-0.25, -0.2) is 0 Å². The second-order valence-corrected chi connectivity index (χ2v) is 3.79. The fourth-order valence-electron chi connectivity index (χ4n) is 0.599. The lowest BCUT2D eigenvalue weighted by Gasteiger charge is -2.03. The summed E-state index contributed by atoms with van der Waals surface area (Å²) in [6.45, 7) is 1.75. The third kappa shape index (κ3) is 4.12. The van der Waals surface area contributed by atoms with Gasteiger partial charge >= 0.3 is 0 Å². The Morgan fingerprint density at radius 2 is 1.60 bits per heavy atom. The van der Waals surface area contributed by atoms with E-state index in [2.05, 4.69) is 0 Å². The van der Waals surface area contributed by atoms with Crippen LogP contribution < -0.4 is 0 Å². The first-order chi connectivity index (χ1) is 4.72. The molecule has 0 saturated heterocycles. The van der Waals surface area contributed by atoms with Gasteiger partial charge in [-0.1, -0.05) is 0 Å². The molecule has 0 aromatic rings. The molecular weight excluding hydrogens is 164 g/mol. The number of rotatable bonds is 4. The second kappa shape index (κ2) is 5.98. The van der Waals surface area contributed by atoms with Crippen molar-refractivity contribution in [2.75, 3.05) is 24.0 Å². The number of aliphatic hydroxyl groups is 1. The van der Waals surface area contributed by atoms with Crippen LogP contribution in [0.4, 0.5) is 0 Å². The van der Waals surface area contributed by atoms with Gasteiger partial charge in [-0.15, -0.1) is 0 Å². The van der Waals surface area contributed by atoms with Crippen LogP contribution in [0.25, 0.3) is 0 Å². The third-order valence-electron chi connectivity index (χ3n) is 1.15. The molecule has 60 valence electrons. The summed E-state index contributed by atoms with van der Waals surface area (Å²) in [5, 5.41) is 9.13. The lowest BCUT2D eigenvalue weighted by Crippen LogP contribution is -1.94. The van der Waals surface area contributed by atoms with Gasteiger partial charge in [-0.05, 0) is 25.0 Å². The maximum atomic E-state index is 9.13. The van der Waals surface area contributed by atoms with E-state index in [-0.39, 0.29) is 0 Å². The van der Waals surface area contributed by atoms with Crippen LogP contribution in [0.2, 0.25) is 0 Å². The van der Waals surface area contributed by atoms with Crippen LogP contribution in [-0.2, 0) is 0 Å². The SMILES string of the molecule is CSCC(CSC)=C(C)O. The zero-order valence-corrected chi connectivity index (χ0v) is 8.31. The Hall–Kier alpha value is 0.240. The molecule has 0 unspecified atom stereocenters. The van der Waals surface area contributed by atoms with Crippen molar-refractivity contribution in [2.45, 2.75) is 6.92 Å². The summed E-state index contributed by atoms with van der Waals surface area (Å²) in [4.78, 5) is 0. The van der Waals surface area contributed by atoms with Crippen LogP contribution in [0.1, 0.15) is 6.92 Å². The predicted octanol–water partition coefficient (Wildman–Crippen LogP) is 2.54. The van der Waals surface area contributed by atoms with Crippen molar-refractivity contribution in [2.24, 2.45) is 0 Å². The van der Waals surface area contributed by atoms with Crippen molar-refractivity contribution in [1.82, 2.24) is 0 Å². The minimum atomic E-state index is 0.490. The van der Waals surface area contributed by atoms with Crippen molar-refractivity contribution in [1.29, 1.82) is 0 Å². The molecule has 0 bridgehead atoms. The molecule has 0 rings (SSSR count). The molecule has 0 aliphatic rings. The number of allylic oxidation sites excluding steroid dienone is 1. The first kappa shape index (κ1) is 10.2. The first-order valence-electron chi connectivity index (χ1n) is 3.07. The number of hydrogen-bond donors (Lipinski definition) is 1. The van der Waals surface area contributed by atoms with Gasteiger partial charge in [0.15, 0.2) is 0 Å². The minimum absolute atomic E-state index is 0.490. The standard InChI is InChI=1S/C7H14OS2/c1-6(8)7(4-9-2)5-10-3/h8H,4-5H2,1-3H3. The van der Waals surface area contributed by atoms with Gasteiger partial charge in [-0.2, -0.15) is 23.5 Å². The average molecular weight is 178 g/mol. The molecule has 0 radical (unpaired) electrons. The molecule has 0 spiro atoms. The van der Waals surface area contributed by atoms with Gasteiger partial charge in [0.2, 0.25) is 0 Å². The van der Waals surface area contributed by atoms with Crippen LogP contribution in [0.5, 0.6) is 0 Å². The molecule has 0 fully saturated rings. The predicted molar refractivity (Wildman–Crippen MR) is 52.1 cm³/mol. The van der Waals surface area contributed by atoms with E-state index in [1.807, 2.05) is 12.5 Å². The minimum Gasteiger partial charge on any atom is -0.513 e. The maximum absolute atomic E-state index is 9.13. The Labute approximate surface area is 71.3 Å². The molecule has 0 atom stereocenters. The van der Waals surface area contributed by atoms with Crippen molar-refractivity contribution < 1.29 is 5.11 Å². The van der Waals surface area contributed by atoms with Crippen molar-refractivity contribution in [3.05, 3.63) is 11.3 Å². The molecule has 0 heterocycles. The van der Waals surface area contributed by atoms with E-state index >= 15 is 0 Å². The molecule has 3 heteroatoms. The molecule has 0 saturated carbocycles. The Balaban J connectivity index is 3.86. The zero-order chi connectivity index (χ0) is 7.98. The van der Waals surface area contributed by atoms with Crippen LogP contribution in [-0.4, -0.2) is 29.1 Å². The quantitative estimate of drug-likeness (QED) is 0.668. The summed E-state index contributed by atoms with van der Waals surface area (Å²) >= 11 is 3.49. The van der Waals surface area contributed by atoms with Crippen molar-refractivity contribution in [3.8, 4) is 0 Å². The van der Waals surface area contributed by atoms with E-state index in [9.17, 15) is 0 Å². The fraction of sp³-hybridized carbons (Fsp3) is 0.714. The zero-order valence-electron chi connectivity index (χ0n) is 6.68. The molecule has 0 aliphatic carbocycles. The number of aliphatic hydroxyl groups excluding tert-OH is 1. The van der Waals surface area contributed by atoms with Crippen molar-refractivity contribution in [3.63, 3.8) is 0 Å². The highest BCUT2D eigenvalue weighted by Crippen LogP contribution is 2.12. The average Bonchev–Trinajstić information content (AvgIpc) is 1.87.